The number of imide groups is 1. The van der Waals surface area contributed by atoms with Crippen molar-refractivity contribution in [3.8, 4) is 0 Å². The average Bonchev–Trinajstić information content (AvgIpc) is 2.88. The maximum Gasteiger partial charge on any atom is 0.326 e. The Morgan fingerprint density at radius 2 is 2.00 bits per heavy atom. The van der Waals surface area contributed by atoms with Gasteiger partial charge < -0.3 is 10.1 Å². The highest BCUT2D eigenvalue weighted by atomic mass is 16.5. The number of carbonyl (C=O) groups excluding carboxylic acids is 3. The number of pyridine rings is 1. The fourth-order valence-corrected chi connectivity index (χ4v) is 5.31. The molecule has 1 aliphatic heterocycles. The lowest BCUT2D eigenvalue weighted by atomic mass is 9.64. The molecule has 32 heavy (non-hydrogen) atoms. The second-order valence-corrected chi connectivity index (χ2v) is 9.94. The maximum atomic E-state index is 13.1. The summed E-state index contributed by atoms with van der Waals surface area (Å²) in [7, 11) is 0. The minimum atomic E-state index is -0.967. The van der Waals surface area contributed by atoms with Gasteiger partial charge in [0.1, 0.15) is 24.3 Å². The van der Waals surface area contributed by atoms with E-state index in [4.69, 9.17) is 4.74 Å². The number of carbonyl (C=O) groups is 3. The van der Waals surface area contributed by atoms with Crippen LogP contribution >= 0.6 is 0 Å². The van der Waals surface area contributed by atoms with Crippen molar-refractivity contribution in [3.05, 3.63) is 46.0 Å². The molecule has 1 spiro atoms. The first-order chi connectivity index (χ1) is 15.0. The zero-order chi connectivity index (χ0) is 23.3. The normalized spacial score (nSPS) is 24.8. The van der Waals surface area contributed by atoms with E-state index in [0.717, 1.165) is 16.9 Å². The smallest absolute Gasteiger partial charge is 0.326 e. The lowest BCUT2D eigenvalue weighted by Crippen LogP contribution is -2.54. The van der Waals surface area contributed by atoms with Crippen LogP contribution in [0.25, 0.3) is 5.65 Å². The Bertz CT molecular complexity index is 1170. The molecule has 1 aliphatic carbocycles. The Morgan fingerprint density at radius 1 is 1.25 bits per heavy atom. The van der Waals surface area contributed by atoms with Gasteiger partial charge in [-0.25, -0.2) is 9.78 Å². The molecule has 9 nitrogen and oxygen atoms in total. The van der Waals surface area contributed by atoms with Gasteiger partial charge in [-0.15, -0.1) is 0 Å². The van der Waals surface area contributed by atoms with Crippen molar-refractivity contribution in [2.45, 2.75) is 59.1 Å². The Morgan fingerprint density at radius 3 is 2.72 bits per heavy atom. The molecule has 4 rings (SSSR count). The molecule has 2 fully saturated rings. The molecule has 2 aliphatic rings. The van der Waals surface area contributed by atoms with E-state index in [1.165, 1.54) is 10.5 Å². The summed E-state index contributed by atoms with van der Waals surface area (Å²) in [6.07, 6.45) is 3.74. The van der Waals surface area contributed by atoms with E-state index in [2.05, 4.69) is 31.1 Å². The summed E-state index contributed by atoms with van der Waals surface area (Å²) in [4.78, 5) is 55.6. The highest BCUT2D eigenvalue weighted by Crippen LogP contribution is 2.46. The Balaban J connectivity index is 1.43. The fourth-order valence-electron chi connectivity index (χ4n) is 5.31. The summed E-state index contributed by atoms with van der Waals surface area (Å²) in [5.41, 5.74) is 0.317. The second kappa shape index (κ2) is 7.72. The van der Waals surface area contributed by atoms with Crippen LogP contribution in [0.15, 0.2) is 29.2 Å². The lowest BCUT2D eigenvalue weighted by Gasteiger charge is -2.43. The largest absolute Gasteiger partial charge is 0.458 e. The van der Waals surface area contributed by atoms with Crippen LogP contribution in [0.5, 0.6) is 0 Å². The molecular weight excluding hydrogens is 412 g/mol. The van der Waals surface area contributed by atoms with E-state index in [9.17, 15) is 19.2 Å². The predicted molar refractivity (Wildman–Crippen MR) is 116 cm³/mol. The van der Waals surface area contributed by atoms with E-state index >= 15 is 0 Å². The van der Waals surface area contributed by atoms with E-state index < -0.39 is 24.1 Å². The summed E-state index contributed by atoms with van der Waals surface area (Å²) < 4.78 is 6.65. The fraction of sp³-hybridized carbons (Fsp3) is 0.522. The average molecular weight is 441 g/mol. The zero-order valence-electron chi connectivity index (χ0n) is 18.8. The molecule has 0 aromatic carbocycles. The minimum Gasteiger partial charge on any atom is -0.458 e. The summed E-state index contributed by atoms with van der Waals surface area (Å²) in [6, 6.07) is 4.27. The number of amides is 3. The van der Waals surface area contributed by atoms with Crippen LogP contribution in [0.1, 0.15) is 51.3 Å². The van der Waals surface area contributed by atoms with Gasteiger partial charge in [0.25, 0.3) is 11.5 Å². The molecule has 1 saturated carbocycles. The number of nitrogens with zero attached hydrogens (tertiary/aromatic N) is 3. The van der Waals surface area contributed by atoms with Crippen LogP contribution < -0.4 is 10.9 Å². The summed E-state index contributed by atoms with van der Waals surface area (Å²) in [5, 5.41) is 2.84. The van der Waals surface area contributed by atoms with Gasteiger partial charge in [-0.3, -0.25) is 23.7 Å². The molecule has 0 unspecified atom stereocenters. The van der Waals surface area contributed by atoms with Crippen molar-refractivity contribution in [2.75, 3.05) is 6.54 Å². The number of nitrogens with one attached hydrogen (secondary N) is 1. The Hall–Kier alpha value is -3.23. The molecule has 2 aromatic rings. The third-order valence-electron chi connectivity index (χ3n) is 6.15. The molecule has 170 valence electrons. The topological polar surface area (TPSA) is 110 Å². The van der Waals surface area contributed by atoms with Gasteiger partial charge in [-0.2, -0.15) is 0 Å². The molecule has 3 heterocycles. The maximum absolute atomic E-state index is 13.1. The summed E-state index contributed by atoms with van der Waals surface area (Å²) >= 11 is 0. The number of fused-ring (bicyclic) bond motifs is 1. The molecular formula is C23H28N4O5. The van der Waals surface area contributed by atoms with Gasteiger partial charge in [0.2, 0.25) is 0 Å². The zero-order valence-corrected chi connectivity index (χ0v) is 18.8. The number of urea groups is 1. The van der Waals surface area contributed by atoms with Crippen LogP contribution in [0.4, 0.5) is 4.79 Å². The second-order valence-electron chi connectivity index (χ2n) is 9.94. The van der Waals surface area contributed by atoms with Crippen LogP contribution in [0.2, 0.25) is 0 Å². The van der Waals surface area contributed by atoms with Crippen molar-refractivity contribution in [2.24, 2.45) is 11.3 Å². The standard InChI is InChI=1S/C23H28N4O5/c1-14-5-6-17-24-16(7-18(28)26(17)10-14)12-32-19(29)11-27-20(30)23(25-21(27)31)9-15(2)8-22(3,4)13-23/h5-7,10,15H,8-9,11-13H2,1-4H3,(H,25,31)/t15-,23+/m0/s1. The van der Waals surface area contributed by atoms with Crippen LogP contribution in [0, 0.1) is 18.3 Å². The van der Waals surface area contributed by atoms with E-state index in [0.29, 0.717) is 24.2 Å². The van der Waals surface area contributed by atoms with Crippen LogP contribution in [-0.4, -0.2) is 44.3 Å². The van der Waals surface area contributed by atoms with Crippen molar-refractivity contribution in [1.82, 2.24) is 19.6 Å². The number of ether oxygens (including phenoxy) is 1. The summed E-state index contributed by atoms with van der Waals surface area (Å²) in [6.45, 7) is 7.41. The van der Waals surface area contributed by atoms with Gasteiger partial charge in [-0.1, -0.05) is 26.8 Å². The van der Waals surface area contributed by atoms with Crippen LogP contribution in [0.3, 0.4) is 0 Å². The third kappa shape index (κ3) is 4.11. The van der Waals surface area contributed by atoms with Gasteiger partial charge in [0.15, 0.2) is 0 Å². The van der Waals surface area contributed by atoms with E-state index in [1.807, 2.05) is 13.0 Å². The van der Waals surface area contributed by atoms with E-state index in [-0.39, 0.29) is 29.4 Å². The Kier molecular flexibility index (Phi) is 5.30. The third-order valence-corrected chi connectivity index (χ3v) is 6.15. The SMILES string of the molecule is Cc1ccc2nc(COC(=O)CN3C(=O)N[C@@]4(C[C@@H](C)CC(C)(C)C4)C3=O)cc(=O)n2c1. The molecule has 2 aromatic heterocycles. The van der Waals surface area contributed by atoms with Crippen molar-refractivity contribution in [3.63, 3.8) is 0 Å². The molecule has 0 bridgehead atoms. The lowest BCUT2D eigenvalue weighted by molar-refractivity contribution is -0.149. The molecule has 9 heteroatoms. The number of aryl methyl sites for hydroxylation is 1. The molecule has 0 radical (unpaired) electrons. The molecule has 1 saturated heterocycles. The quantitative estimate of drug-likeness (QED) is 0.576. The van der Waals surface area contributed by atoms with Gasteiger partial charge in [-0.05, 0) is 49.1 Å². The van der Waals surface area contributed by atoms with Crippen molar-refractivity contribution < 1.29 is 19.1 Å². The summed E-state index contributed by atoms with van der Waals surface area (Å²) in [5.74, 6) is -0.840. The highest BCUT2D eigenvalue weighted by Gasteiger charge is 2.56. The van der Waals surface area contributed by atoms with Gasteiger partial charge >= 0.3 is 12.0 Å². The number of hydrogen-bond acceptors (Lipinski definition) is 6. The number of rotatable bonds is 4. The van der Waals surface area contributed by atoms with Crippen LogP contribution in [-0.2, 0) is 20.9 Å². The predicted octanol–water partition coefficient (Wildman–Crippen LogP) is 2.18. The van der Waals surface area contributed by atoms with Crippen molar-refractivity contribution in [1.29, 1.82) is 0 Å². The van der Waals surface area contributed by atoms with Crippen molar-refractivity contribution >= 4 is 23.6 Å². The number of aromatic nitrogens is 2. The highest BCUT2D eigenvalue weighted by molar-refractivity contribution is 6.08. The molecule has 2 atom stereocenters. The first-order valence-corrected chi connectivity index (χ1v) is 10.8. The monoisotopic (exact) mass is 440 g/mol. The molecule has 3 amide bonds. The van der Waals surface area contributed by atoms with E-state index in [1.54, 1.807) is 12.3 Å². The number of esters is 1. The number of hydrogen-bond donors (Lipinski definition) is 1. The molecule has 1 N–H and O–H groups in total. The first-order valence-electron chi connectivity index (χ1n) is 10.8. The van der Waals surface area contributed by atoms with Gasteiger partial charge in [0, 0.05) is 12.3 Å². The first kappa shape index (κ1) is 22.0. The minimum absolute atomic E-state index is 0.0918. The Labute approximate surface area is 185 Å². The van der Waals surface area contributed by atoms with Gasteiger partial charge in [0.05, 0.1) is 5.69 Å².